The summed E-state index contributed by atoms with van der Waals surface area (Å²) in [5, 5.41) is 13.6. The number of carbonyl (C=O) groups is 1. The summed E-state index contributed by atoms with van der Waals surface area (Å²) in [5.41, 5.74) is -1.54. The van der Waals surface area contributed by atoms with E-state index in [9.17, 15) is 23.1 Å². The van der Waals surface area contributed by atoms with Gasteiger partial charge in [0.15, 0.2) is 10.5 Å². The molecule has 0 fully saturated rings. The number of rotatable bonds is 3. The van der Waals surface area contributed by atoms with Crippen LogP contribution >= 0.6 is 27.5 Å². The zero-order valence-electron chi connectivity index (χ0n) is 13.3. The molecule has 2 N–H and O–H groups in total. The highest BCUT2D eigenvalue weighted by atomic mass is 79.9. The van der Waals surface area contributed by atoms with Gasteiger partial charge in [-0.3, -0.25) is 4.79 Å². The van der Waals surface area contributed by atoms with Gasteiger partial charge in [0.1, 0.15) is 11.3 Å². The third kappa shape index (κ3) is 2.72. The Morgan fingerprint density at radius 2 is 2.04 bits per heavy atom. The maximum Gasteiger partial charge on any atom is 0.256 e. The Hall–Kier alpha value is -2.10. The van der Waals surface area contributed by atoms with Crippen molar-refractivity contribution in [3.63, 3.8) is 0 Å². The minimum Gasteiger partial charge on any atom is -0.363 e. The SMILES string of the molecule is O=C1NC(O)(c2cc(F)ccc2Cl)c2ccc3c(nc(Br)n3CC(F)F)c21. The molecule has 0 spiro atoms. The van der Waals surface area contributed by atoms with Crippen molar-refractivity contribution in [3.05, 3.63) is 62.6 Å². The maximum absolute atomic E-state index is 13.7. The quantitative estimate of drug-likeness (QED) is 0.625. The number of alkyl halides is 2. The number of halogens is 5. The Labute approximate surface area is 163 Å². The smallest absolute Gasteiger partial charge is 0.256 e. The first-order valence-electron chi connectivity index (χ1n) is 7.70. The molecule has 27 heavy (non-hydrogen) atoms. The van der Waals surface area contributed by atoms with Crippen LogP contribution < -0.4 is 5.32 Å². The van der Waals surface area contributed by atoms with Gasteiger partial charge in [-0.2, -0.15) is 0 Å². The minimum absolute atomic E-state index is 0.0176. The molecule has 1 unspecified atom stereocenters. The number of carbonyl (C=O) groups excluding carboxylic acids is 1. The summed E-state index contributed by atoms with van der Waals surface area (Å²) in [4.78, 5) is 16.7. The molecule has 0 saturated heterocycles. The summed E-state index contributed by atoms with van der Waals surface area (Å²) in [6, 6.07) is 6.28. The van der Waals surface area contributed by atoms with E-state index in [1.807, 2.05) is 0 Å². The number of benzene rings is 2. The molecule has 1 aliphatic heterocycles. The van der Waals surface area contributed by atoms with Crippen LogP contribution in [0.3, 0.4) is 0 Å². The highest BCUT2D eigenvalue weighted by molar-refractivity contribution is 9.10. The van der Waals surface area contributed by atoms with Crippen molar-refractivity contribution in [1.29, 1.82) is 0 Å². The lowest BCUT2D eigenvalue weighted by Gasteiger charge is -2.25. The molecule has 0 aliphatic carbocycles. The fourth-order valence-electron chi connectivity index (χ4n) is 3.29. The van der Waals surface area contributed by atoms with Gasteiger partial charge < -0.3 is 15.0 Å². The van der Waals surface area contributed by atoms with Gasteiger partial charge in [0.25, 0.3) is 12.3 Å². The lowest BCUT2D eigenvalue weighted by molar-refractivity contribution is 0.0474. The van der Waals surface area contributed by atoms with Crippen LogP contribution in [0.5, 0.6) is 0 Å². The predicted octanol–water partition coefficient (Wildman–Crippen LogP) is 3.79. The van der Waals surface area contributed by atoms with Gasteiger partial charge in [-0.1, -0.05) is 17.7 Å². The first-order chi connectivity index (χ1) is 12.7. The first kappa shape index (κ1) is 18.3. The zero-order chi connectivity index (χ0) is 19.5. The summed E-state index contributed by atoms with van der Waals surface area (Å²) in [6.07, 6.45) is -2.62. The molecule has 1 amide bonds. The fraction of sp³-hybridized carbons (Fsp3) is 0.176. The molecule has 0 radical (unpaired) electrons. The Balaban J connectivity index is 1.97. The van der Waals surface area contributed by atoms with Gasteiger partial charge in [0.05, 0.1) is 17.6 Å². The van der Waals surface area contributed by atoms with Gasteiger partial charge in [0, 0.05) is 16.1 Å². The average Bonchev–Trinajstić information content (AvgIpc) is 3.04. The number of nitrogens with zero attached hydrogens (tertiary/aromatic N) is 2. The van der Waals surface area contributed by atoms with Crippen LogP contribution in [0.4, 0.5) is 13.2 Å². The van der Waals surface area contributed by atoms with Crippen LogP contribution in [-0.4, -0.2) is 27.0 Å². The Kier molecular flexibility index (Phi) is 4.21. The third-order valence-corrected chi connectivity index (χ3v) is 5.36. The maximum atomic E-state index is 13.7. The summed E-state index contributed by atoms with van der Waals surface area (Å²) in [7, 11) is 0. The van der Waals surface area contributed by atoms with E-state index in [1.54, 1.807) is 0 Å². The molecule has 1 aromatic heterocycles. The second-order valence-electron chi connectivity index (χ2n) is 6.03. The highest BCUT2D eigenvalue weighted by Gasteiger charge is 2.46. The van der Waals surface area contributed by atoms with E-state index in [1.165, 1.54) is 22.8 Å². The second kappa shape index (κ2) is 6.22. The van der Waals surface area contributed by atoms with E-state index in [2.05, 4.69) is 26.2 Å². The van der Waals surface area contributed by atoms with Crippen LogP contribution in [0.2, 0.25) is 5.02 Å². The zero-order valence-corrected chi connectivity index (χ0v) is 15.7. The van der Waals surface area contributed by atoms with Crippen LogP contribution in [0.25, 0.3) is 11.0 Å². The number of fused-ring (bicyclic) bond motifs is 3. The van der Waals surface area contributed by atoms with Crippen LogP contribution in [-0.2, 0) is 12.3 Å². The topological polar surface area (TPSA) is 67.2 Å². The molecule has 3 aromatic rings. The van der Waals surface area contributed by atoms with Crippen molar-refractivity contribution in [2.45, 2.75) is 18.7 Å². The minimum atomic E-state index is -2.62. The first-order valence-corrected chi connectivity index (χ1v) is 8.87. The van der Waals surface area contributed by atoms with Gasteiger partial charge in [-0.05, 0) is 40.2 Å². The van der Waals surface area contributed by atoms with Crippen molar-refractivity contribution in [3.8, 4) is 0 Å². The molecule has 2 aromatic carbocycles. The summed E-state index contributed by atoms with van der Waals surface area (Å²) in [5.74, 6) is -1.32. The Morgan fingerprint density at radius 1 is 1.30 bits per heavy atom. The Bertz CT molecular complexity index is 1100. The molecule has 140 valence electrons. The van der Waals surface area contributed by atoms with Crippen molar-refractivity contribution in [2.75, 3.05) is 0 Å². The largest absolute Gasteiger partial charge is 0.363 e. The lowest BCUT2D eigenvalue weighted by atomic mass is 9.93. The second-order valence-corrected chi connectivity index (χ2v) is 7.14. The molecule has 0 saturated carbocycles. The molecule has 2 heterocycles. The monoisotopic (exact) mass is 459 g/mol. The van der Waals surface area contributed by atoms with E-state index in [4.69, 9.17) is 11.6 Å². The number of nitrogens with one attached hydrogen (secondary N) is 1. The molecular formula is C17H10BrClF3N3O2. The number of aromatic nitrogens is 2. The highest BCUT2D eigenvalue weighted by Crippen LogP contribution is 2.41. The van der Waals surface area contributed by atoms with E-state index < -0.39 is 30.4 Å². The third-order valence-electron chi connectivity index (χ3n) is 4.42. The number of imidazole rings is 1. The summed E-state index contributed by atoms with van der Waals surface area (Å²) >= 11 is 9.21. The predicted molar refractivity (Wildman–Crippen MR) is 95.3 cm³/mol. The van der Waals surface area contributed by atoms with Crippen LogP contribution in [0.1, 0.15) is 21.5 Å². The van der Waals surface area contributed by atoms with Gasteiger partial charge >= 0.3 is 0 Å². The normalized spacial score (nSPS) is 19.0. The van der Waals surface area contributed by atoms with Gasteiger partial charge in [0.2, 0.25) is 0 Å². The van der Waals surface area contributed by atoms with E-state index in [-0.39, 0.29) is 32.0 Å². The Morgan fingerprint density at radius 3 is 2.74 bits per heavy atom. The number of hydrogen-bond acceptors (Lipinski definition) is 3. The number of hydrogen-bond donors (Lipinski definition) is 2. The lowest BCUT2D eigenvalue weighted by Crippen LogP contribution is -2.40. The van der Waals surface area contributed by atoms with Crippen LogP contribution in [0.15, 0.2) is 35.1 Å². The van der Waals surface area contributed by atoms with Crippen LogP contribution in [0, 0.1) is 5.82 Å². The average molecular weight is 461 g/mol. The fourth-order valence-corrected chi connectivity index (χ4v) is 4.05. The van der Waals surface area contributed by atoms with Crippen molar-refractivity contribution < 1.29 is 23.1 Å². The molecule has 10 heteroatoms. The van der Waals surface area contributed by atoms with Crippen molar-refractivity contribution in [2.24, 2.45) is 0 Å². The standard InChI is InChI=1S/C17H10BrClF3N3O2/c18-16-23-14-11(25(16)6-12(21)22)4-2-8-13(14)15(26)24-17(8,27)9-5-7(20)1-3-10(9)19/h1-5,12,27H,6H2,(H,24,26). The van der Waals surface area contributed by atoms with E-state index in [0.29, 0.717) is 5.52 Å². The molecule has 1 atom stereocenters. The van der Waals surface area contributed by atoms with Gasteiger partial charge in [-0.25, -0.2) is 18.2 Å². The van der Waals surface area contributed by atoms with E-state index in [0.717, 1.165) is 12.1 Å². The molecule has 4 rings (SSSR count). The molecule has 1 aliphatic rings. The summed E-state index contributed by atoms with van der Waals surface area (Å²) < 4.78 is 40.7. The van der Waals surface area contributed by atoms with Crippen molar-refractivity contribution in [1.82, 2.24) is 14.9 Å². The molecular weight excluding hydrogens is 451 g/mol. The number of amides is 1. The summed E-state index contributed by atoms with van der Waals surface area (Å²) in [6.45, 7) is -0.614. The van der Waals surface area contributed by atoms with Crippen molar-refractivity contribution >= 4 is 44.5 Å². The number of aliphatic hydroxyl groups is 1. The molecule has 5 nitrogen and oxygen atoms in total. The molecule has 0 bridgehead atoms. The van der Waals surface area contributed by atoms with Gasteiger partial charge in [-0.15, -0.1) is 0 Å². The van der Waals surface area contributed by atoms with E-state index >= 15 is 0 Å².